The molecular weight excluding hydrogens is 864 g/mol. The summed E-state index contributed by atoms with van der Waals surface area (Å²) < 4.78 is 375. The minimum atomic E-state index is -8.30. The lowest BCUT2D eigenvalue weighted by Crippen LogP contribution is -2.70. The summed E-state index contributed by atoms with van der Waals surface area (Å²) in [6, 6.07) is 0. The Morgan fingerprint density at radius 3 is 0.808 bits per heavy atom. The molecule has 52 heavy (non-hydrogen) atoms. The lowest BCUT2D eigenvalue weighted by Gasteiger charge is -2.42. The van der Waals surface area contributed by atoms with Gasteiger partial charge in [0.15, 0.2) is 11.0 Å². The molecule has 2 atom stereocenters. The summed E-state index contributed by atoms with van der Waals surface area (Å²) >= 11 is -1.52. The van der Waals surface area contributed by atoms with E-state index in [2.05, 4.69) is 4.74 Å². The molecular formula is C21H14F28OS2. The van der Waals surface area contributed by atoms with Gasteiger partial charge < -0.3 is 4.74 Å². The fourth-order valence-corrected chi connectivity index (χ4v) is 5.90. The highest BCUT2D eigenvalue weighted by atomic mass is 32.2. The molecule has 0 spiro atoms. The minimum absolute atomic E-state index is 0.760. The maximum atomic E-state index is 14.2. The Bertz CT molecular complexity index is 1130. The lowest BCUT2D eigenvalue weighted by molar-refractivity contribution is -0.440. The third-order valence-electron chi connectivity index (χ3n) is 6.79. The average Bonchev–Trinajstić information content (AvgIpc) is 2.89. The molecule has 1 nitrogen and oxygen atoms in total. The minimum Gasteiger partial charge on any atom is -0.380 e. The fourth-order valence-electron chi connectivity index (χ4n) is 3.51. The SMILES string of the molecule is FC(CC(F)(F)C(F)(F)C(F)(F)C(F)(F)C(F)(F)C(F)(F)F)SCC1(CSC(F)CC(F)(F)C(F)(F)C(F)(F)C(F)(F)C(F)(F)C(F)(F)F)COC1. The van der Waals surface area contributed by atoms with Gasteiger partial charge in [0.25, 0.3) is 0 Å². The van der Waals surface area contributed by atoms with Gasteiger partial charge in [0.1, 0.15) is 0 Å². The van der Waals surface area contributed by atoms with Crippen LogP contribution in [0, 0.1) is 5.41 Å². The van der Waals surface area contributed by atoms with Crippen LogP contribution in [0.5, 0.6) is 0 Å². The van der Waals surface area contributed by atoms with Crippen molar-refractivity contribution >= 4 is 23.5 Å². The molecule has 31 heteroatoms. The Balaban J connectivity index is 3.07. The number of thioether (sulfide) groups is 2. The Morgan fingerprint density at radius 2 is 0.615 bits per heavy atom. The molecule has 0 saturated carbocycles. The van der Waals surface area contributed by atoms with Crippen LogP contribution < -0.4 is 0 Å². The predicted octanol–water partition coefficient (Wildman–Crippen LogP) is 11.3. The Labute approximate surface area is 277 Å². The van der Waals surface area contributed by atoms with E-state index >= 15 is 0 Å². The molecule has 0 amide bonds. The molecule has 0 aromatic heterocycles. The third-order valence-corrected chi connectivity index (χ3v) is 9.40. The van der Waals surface area contributed by atoms with Crippen LogP contribution >= 0.6 is 23.5 Å². The van der Waals surface area contributed by atoms with Gasteiger partial charge in [-0.3, -0.25) is 0 Å². The van der Waals surface area contributed by atoms with Gasteiger partial charge >= 0.3 is 71.6 Å². The van der Waals surface area contributed by atoms with Crippen molar-refractivity contribution in [1.29, 1.82) is 0 Å². The largest absolute Gasteiger partial charge is 0.460 e. The van der Waals surface area contributed by atoms with Crippen molar-refractivity contribution in [2.75, 3.05) is 24.7 Å². The normalized spacial score (nSPS) is 19.4. The molecule has 1 saturated heterocycles. The molecule has 0 aliphatic carbocycles. The number of rotatable bonds is 18. The average molecular weight is 878 g/mol. The van der Waals surface area contributed by atoms with Crippen LogP contribution in [0.1, 0.15) is 12.8 Å². The molecule has 1 rings (SSSR count). The van der Waals surface area contributed by atoms with Gasteiger partial charge in [0.05, 0.1) is 26.1 Å². The molecule has 1 heterocycles. The number of ether oxygens (including phenoxy) is 1. The topological polar surface area (TPSA) is 9.23 Å². The van der Waals surface area contributed by atoms with Gasteiger partial charge in [-0.25, -0.2) is 8.78 Å². The summed E-state index contributed by atoms with van der Waals surface area (Å²) in [6.07, 6.45) is -22.2. The van der Waals surface area contributed by atoms with Crippen LogP contribution in [0.25, 0.3) is 0 Å². The summed E-state index contributed by atoms with van der Waals surface area (Å²) in [6.45, 7) is -1.81. The van der Waals surface area contributed by atoms with E-state index in [1.807, 2.05) is 0 Å². The second kappa shape index (κ2) is 14.0. The van der Waals surface area contributed by atoms with Gasteiger partial charge in [-0.2, -0.15) is 114 Å². The predicted molar refractivity (Wildman–Crippen MR) is 119 cm³/mol. The standard InChI is InChI=1S/C21H14F28OS2/c22-7(1-10(24,25)12(28,29)14(32,33)16(36,37)18(40,41)20(44,45)46)51-5-9(3-50-4-9)6-52-8(23)2-11(26,27)13(30,31)15(34,35)17(38,39)19(42,43)21(47,48)49/h7-8H,1-6H2. The van der Waals surface area contributed by atoms with E-state index in [9.17, 15) is 123 Å². The number of hydrogen-bond acceptors (Lipinski definition) is 3. The summed E-state index contributed by atoms with van der Waals surface area (Å²) in [5, 5.41) is 0. The summed E-state index contributed by atoms with van der Waals surface area (Å²) in [5.74, 6) is -81.4. The van der Waals surface area contributed by atoms with E-state index in [0.29, 0.717) is 0 Å². The quantitative estimate of drug-likeness (QED) is 0.127. The summed E-state index contributed by atoms with van der Waals surface area (Å²) in [7, 11) is 0. The first-order valence-electron chi connectivity index (χ1n) is 12.4. The van der Waals surface area contributed by atoms with Crippen molar-refractivity contribution in [2.45, 2.75) is 95.4 Å². The first-order valence-corrected chi connectivity index (χ1v) is 14.5. The first kappa shape index (κ1) is 48.7. The van der Waals surface area contributed by atoms with Gasteiger partial charge in [0, 0.05) is 16.9 Å². The molecule has 0 radical (unpaired) electrons. The van der Waals surface area contributed by atoms with Crippen LogP contribution in [-0.2, 0) is 4.74 Å². The van der Waals surface area contributed by atoms with E-state index in [0.717, 1.165) is 0 Å². The smallest absolute Gasteiger partial charge is 0.380 e. The maximum Gasteiger partial charge on any atom is 0.460 e. The van der Waals surface area contributed by atoms with E-state index in [1.54, 1.807) is 0 Å². The zero-order valence-corrected chi connectivity index (χ0v) is 25.3. The number of alkyl halides is 28. The van der Waals surface area contributed by atoms with Crippen LogP contribution in [-0.4, -0.2) is 107 Å². The van der Waals surface area contributed by atoms with Crippen molar-refractivity contribution < 1.29 is 128 Å². The lowest BCUT2D eigenvalue weighted by atomic mass is 9.91. The molecule has 1 aliphatic rings. The number of halogens is 28. The van der Waals surface area contributed by atoms with Gasteiger partial charge in [-0.15, -0.1) is 23.5 Å². The van der Waals surface area contributed by atoms with E-state index < -0.39 is 149 Å². The highest BCUT2D eigenvalue weighted by molar-refractivity contribution is 8.00. The molecule has 312 valence electrons. The molecule has 0 bridgehead atoms. The molecule has 0 aromatic carbocycles. The van der Waals surface area contributed by atoms with Gasteiger partial charge in [-0.05, 0) is 0 Å². The zero-order valence-electron chi connectivity index (χ0n) is 23.7. The van der Waals surface area contributed by atoms with Crippen LogP contribution in [0.3, 0.4) is 0 Å². The molecule has 1 fully saturated rings. The second-order valence-electron chi connectivity index (χ2n) is 10.8. The van der Waals surface area contributed by atoms with Crippen LogP contribution in [0.2, 0.25) is 0 Å². The van der Waals surface area contributed by atoms with Crippen molar-refractivity contribution in [3.05, 3.63) is 0 Å². The van der Waals surface area contributed by atoms with Crippen molar-refractivity contribution in [3.8, 4) is 0 Å². The number of hydrogen-bond donors (Lipinski definition) is 0. The Hall–Kier alpha value is -1.30. The summed E-state index contributed by atoms with van der Waals surface area (Å²) in [5.41, 5.74) is -9.48. The second-order valence-corrected chi connectivity index (χ2v) is 13.1. The Kier molecular flexibility index (Phi) is 13.1. The third kappa shape index (κ3) is 7.86. The van der Waals surface area contributed by atoms with Gasteiger partial charge in [0.2, 0.25) is 0 Å². The van der Waals surface area contributed by atoms with Crippen LogP contribution in [0.4, 0.5) is 123 Å². The zero-order chi connectivity index (χ0) is 42.0. The summed E-state index contributed by atoms with van der Waals surface area (Å²) in [4.78, 5) is 0. The van der Waals surface area contributed by atoms with Crippen molar-refractivity contribution in [1.82, 2.24) is 0 Å². The molecule has 0 aromatic rings. The molecule has 0 N–H and O–H groups in total. The monoisotopic (exact) mass is 878 g/mol. The Morgan fingerprint density at radius 1 is 0.385 bits per heavy atom. The van der Waals surface area contributed by atoms with Crippen molar-refractivity contribution in [2.24, 2.45) is 5.41 Å². The maximum absolute atomic E-state index is 14.2. The van der Waals surface area contributed by atoms with Crippen LogP contribution in [0.15, 0.2) is 0 Å². The highest BCUT2D eigenvalue weighted by Crippen LogP contribution is 2.63. The van der Waals surface area contributed by atoms with Crippen molar-refractivity contribution in [3.63, 3.8) is 0 Å². The first-order chi connectivity index (χ1) is 22.4. The van der Waals surface area contributed by atoms with E-state index in [4.69, 9.17) is 0 Å². The fraction of sp³-hybridized carbons (Fsp3) is 1.00. The van der Waals surface area contributed by atoms with E-state index in [-0.39, 0.29) is 0 Å². The van der Waals surface area contributed by atoms with E-state index in [1.165, 1.54) is 0 Å². The highest BCUT2D eigenvalue weighted by Gasteiger charge is 2.92. The van der Waals surface area contributed by atoms with Gasteiger partial charge in [-0.1, -0.05) is 0 Å². The molecule has 2 unspecified atom stereocenters. The molecule has 1 aliphatic heterocycles.